The molecule has 0 fully saturated rings. The number of benzene rings is 4. The van der Waals surface area contributed by atoms with E-state index >= 15 is 0 Å². The van der Waals surface area contributed by atoms with Crippen LogP contribution in [-0.2, 0) is 4.79 Å². The third-order valence-corrected chi connectivity index (χ3v) is 5.22. The highest BCUT2D eigenvalue weighted by molar-refractivity contribution is 9.10. The Morgan fingerprint density at radius 2 is 1.55 bits per heavy atom. The molecule has 0 aliphatic heterocycles. The molecule has 0 spiro atoms. The minimum atomic E-state index is -0.425. The summed E-state index contributed by atoms with van der Waals surface area (Å²) >= 11 is 3.34. The fourth-order valence-electron chi connectivity index (χ4n) is 3.08. The van der Waals surface area contributed by atoms with E-state index in [0.29, 0.717) is 17.1 Å². The van der Waals surface area contributed by atoms with Gasteiger partial charge in [-0.2, -0.15) is 5.10 Å². The van der Waals surface area contributed by atoms with Crippen LogP contribution >= 0.6 is 15.9 Å². The topological polar surface area (TPSA) is 77.0 Å². The van der Waals surface area contributed by atoms with Crippen LogP contribution < -0.4 is 14.9 Å². The van der Waals surface area contributed by atoms with Crippen LogP contribution in [0.2, 0.25) is 0 Å². The van der Waals surface area contributed by atoms with Gasteiger partial charge in [0.15, 0.2) is 6.61 Å². The van der Waals surface area contributed by atoms with E-state index < -0.39 is 5.97 Å². The fraction of sp³-hybridized carbons (Fsp3) is 0.0385. The molecule has 0 aliphatic carbocycles. The van der Waals surface area contributed by atoms with E-state index in [4.69, 9.17) is 9.47 Å². The van der Waals surface area contributed by atoms with Crippen LogP contribution in [0.3, 0.4) is 0 Å². The molecule has 0 bridgehead atoms. The van der Waals surface area contributed by atoms with Gasteiger partial charge in [0.1, 0.15) is 11.5 Å². The Morgan fingerprint density at radius 1 is 0.848 bits per heavy atom. The zero-order chi connectivity index (χ0) is 23.0. The van der Waals surface area contributed by atoms with Gasteiger partial charge in [0.2, 0.25) is 0 Å². The number of nitrogens with zero attached hydrogens (tertiary/aromatic N) is 1. The Morgan fingerprint density at radius 3 is 2.33 bits per heavy atom. The van der Waals surface area contributed by atoms with Crippen LogP contribution in [0.5, 0.6) is 11.5 Å². The zero-order valence-electron chi connectivity index (χ0n) is 17.4. The van der Waals surface area contributed by atoms with Crippen LogP contribution in [0.25, 0.3) is 10.8 Å². The van der Waals surface area contributed by atoms with Gasteiger partial charge in [-0.3, -0.25) is 4.79 Å². The van der Waals surface area contributed by atoms with Gasteiger partial charge in [-0.25, -0.2) is 10.2 Å². The average molecular weight is 503 g/mol. The van der Waals surface area contributed by atoms with Gasteiger partial charge in [-0.05, 0) is 70.9 Å². The second kappa shape index (κ2) is 10.6. The molecular formula is C26H19BrN2O4. The van der Waals surface area contributed by atoms with Crippen molar-refractivity contribution in [3.63, 3.8) is 0 Å². The second-order valence-corrected chi connectivity index (χ2v) is 7.94. The minimum Gasteiger partial charge on any atom is -0.484 e. The highest BCUT2D eigenvalue weighted by atomic mass is 79.9. The quantitative estimate of drug-likeness (QED) is 0.160. The lowest BCUT2D eigenvalue weighted by Crippen LogP contribution is -2.24. The molecule has 0 saturated heterocycles. The number of ether oxygens (including phenoxy) is 2. The molecule has 7 heteroatoms. The second-order valence-electron chi connectivity index (χ2n) is 7.02. The SMILES string of the molecule is O=C(COc1ccc(Br)cc1)NN=Cc1ccc(OC(=O)c2cccc3ccccc23)cc1. The van der Waals surface area contributed by atoms with Crippen molar-refractivity contribution in [1.82, 2.24) is 5.43 Å². The number of fused-ring (bicyclic) bond motifs is 1. The van der Waals surface area contributed by atoms with Gasteiger partial charge < -0.3 is 9.47 Å². The summed E-state index contributed by atoms with van der Waals surface area (Å²) < 4.78 is 11.8. The first-order chi connectivity index (χ1) is 16.1. The van der Waals surface area contributed by atoms with E-state index in [2.05, 4.69) is 26.5 Å². The van der Waals surface area contributed by atoms with Crippen LogP contribution in [0.15, 0.2) is 101 Å². The van der Waals surface area contributed by atoms with Gasteiger partial charge in [0.05, 0.1) is 11.8 Å². The van der Waals surface area contributed by atoms with E-state index in [9.17, 15) is 9.59 Å². The van der Waals surface area contributed by atoms with Crippen molar-refractivity contribution in [3.8, 4) is 11.5 Å². The van der Waals surface area contributed by atoms with Gasteiger partial charge in [0, 0.05) is 4.47 Å². The van der Waals surface area contributed by atoms with Crippen LogP contribution in [0, 0.1) is 0 Å². The maximum atomic E-state index is 12.6. The lowest BCUT2D eigenvalue weighted by atomic mass is 10.0. The molecule has 4 aromatic rings. The van der Waals surface area contributed by atoms with Crippen molar-refractivity contribution >= 4 is 44.8 Å². The van der Waals surface area contributed by atoms with Gasteiger partial charge in [0.25, 0.3) is 5.91 Å². The predicted octanol–water partition coefficient (Wildman–Crippen LogP) is 5.35. The monoisotopic (exact) mass is 502 g/mol. The molecule has 0 unspecified atom stereocenters. The number of nitrogens with one attached hydrogen (secondary N) is 1. The summed E-state index contributed by atoms with van der Waals surface area (Å²) in [6.07, 6.45) is 1.49. The van der Waals surface area contributed by atoms with Crippen LogP contribution in [-0.4, -0.2) is 24.7 Å². The number of amides is 1. The number of carbonyl (C=O) groups excluding carboxylic acids is 2. The summed E-state index contributed by atoms with van der Waals surface area (Å²) in [6, 6.07) is 27.2. The molecule has 0 saturated carbocycles. The van der Waals surface area contributed by atoms with Crippen molar-refractivity contribution in [1.29, 1.82) is 0 Å². The Kier molecular flexibility index (Phi) is 7.12. The normalized spacial score (nSPS) is 10.8. The molecule has 164 valence electrons. The summed E-state index contributed by atoms with van der Waals surface area (Å²) in [5.41, 5.74) is 3.65. The predicted molar refractivity (Wildman–Crippen MR) is 131 cm³/mol. The molecule has 4 aromatic carbocycles. The van der Waals surface area contributed by atoms with E-state index in [1.54, 1.807) is 42.5 Å². The number of rotatable bonds is 7. The first-order valence-corrected chi connectivity index (χ1v) is 10.9. The average Bonchev–Trinajstić information content (AvgIpc) is 2.84. The molecule has 1 amide bonds. The molecule has 0 aliphatic rings. The molecule has 0 heterocycles. The summed E-state index contributed by atoms with van der Waals surface area (Å²) in [5.74, 6) is 0.198. The van der Waals surface area contributed by atoms with E-state index in [1.165, 1.54) is 6.21 Å². The first kappa shape index (κ1) is 22.2. The summed E-state index contributed by atoms with van der Waals surface area (Å²) in [7, 11) is 0. The van der Waals surface area contributed by atoms with Crippen molar-refractivity contribution < 1.29 is 19.1 Å². The molecule has 0 radical (unpaired) electrons. The highest BCUT2D eigenvalue weighted by Crippen LogP contribution is 2.21. The Labute approximate surface area is 199 Å². The number of hydrogen-bond donors (Lipinski definition) is 1. The number of hydrazone groups is 1. The van der Waals surface area contributed by atoms with Crippen molar-refractivity contribution in [2.75, 3.05) is 6.61 Å². The zero-order valence-corrected chi connectivity index (χ0v) is 19.0. The summed E-state index contributed by atoms with van der Waals surface area (Å²) in [6.45, 7) is -0.151. The molecule has 4 rings (SSSR count). The molecule has 1 N–H and O–H groups in total. The number of hydrogen-bond acceptors (Lipinski definition) is 5. The Balaban J connectivity index is 1.29. The summed E-state index contributed by atoms with van der Waals surface area (Å²) in [5, 5.41) is 5.74. The lowest BCUT2D eigenvalue weighted by molar-refractivity contribution is -0.123. The number of carbonyl (C=O) groups is 2. The number of esters is 1. The van der Waals surface area contributed by atoms with Gasteiger partial charge in [-0.1, -0.05) is 52.3 Å². The largest absolute Gasteiger partial charge is 0.484 e. The maximum absolute atomic E-state index is 12.6. The molecular weight excluding hydrogens is 484 g/mol. The van der Waals surface area contributed by atoms with Crippen molar-refractivity contribution in [2.45, 2.75) is 0 Å². The highest BCUT2D eigenvalue weighted by Gasteiger charge is 2.12. The Bertz CT molecular complexity index is 1300. The molecule has 33 heavy (non-hydrogen) atoms. The van der Waals surface area contributed by atoms with E-state index in [1.807, 2.05) is 48.5 Å². The van der Waals surface area contributed by atoms with Crippen LogP contribution in [0.1, 0.15) is 15.9 Å². The third-order valence-electron chi connectivity index (χ3n) is 4.69. The molecule has 6 nitrogen and oxygen atoms in total. The van der Waals surface area contributed by atoms with Gasteiger partial charge in [-0.15, -0.1) is 0 Å². The molecule has 0 aromatic heterocycles. The first-order valence-electron chi connectivity index (χ1n) is 10.1. The molecule has 0 atom stereocenters. The maximum Gasteiger partial charge on any atom is 0.344 e. The standard InChI is InChI=1S/C26H19BrN2O4/c27-20-10-14-21(15-11-20)32-17-25(30)29-28-16-18-8-12-22(13-9-18)33-26(31)24-7-3-5-19-4-1-2-6-23(19)24/h1-16H,17H2,(H,29,30). The fourth-order valence-corrected chi connectivity index (χ4v) is 3.34. The Hall–Kier alpha value is -3.97. The lowest BCUT2D eigenvalue weighted by Gasteiger charge is -2.07. The summed E-state index contributed by atoms with van der Waals surface area (Å²) in [4.78, 5) is 24.5. The number of halogens is 1. The smallest absolute Gasteiger partial charge is 0.344 e. The van der Waals surface area contributed by atoms with Crippen molar-refractivity contribution in [2.24, 2.45) is 5.10 Å². The third kappa shape index (κ3) is 6.05. The van der Waals surface area contributed by atoms with Crippen molar-refractivity contribution in [3.05, 3.63) is 107 Å². The van der Waals surface area contributed by atoms with E-state index in [-0.39, 0.29) is 12.5 Å². The minimum absolute atomic E-state index is 0.151. The van der Waals surface area contributed by atoms with Gasteiger partial charge >= 0.3 is 5.97 Å². The van der Waals surface area contributed by atoms with E-state index in [0.717, 1.165) is 20.8 Å². The van der Waals surface area contributed by atoms with Crippen LogP contribution in [0.4, 0.5) is 0 Å².